The Bertz CT molecular complexity index is 359. The van der Waals surface area contributed by atoms with Crippen LogP contribution in [-0.4, -0.2) is 19.4 Å². The molecule has 0 fully saturated rings. The van der Waals surface area contributed by atoms with E-state index >= 15 is 0 Å². The maximum absolute atomic E-state index is 11.4. The summed E-state index contributed by atoms with van der Waals surface area (Å²) in [7, 11) is 1.60. The minimum Gasteiger partial charge on any atom is -0.496 e. The van der Waals surface area contributed by atoms with E-state index in [1.54, 1.807) is 13.2 Å². The quantitative estimate of drug-likeness (QED) is 0.739. The fourth-order valence-electron chi connectivity index (χ4n) is 1.55. The van der Waals surface area contributed by atoms with Crippen LogP contribution in [0.4, 0.5) is 0 Å². The van der Waals surface area contributed by atoms with Gasteiger partial charge in [-0.3, -0.25) is 4.79 Å². The third-order valence-electron chi connectivity index (χ3n) is 2.29. The molecule has 0 atom stereocenters. The molecule has 0 aromatic heterocycles. The topological polar surface area (TPSA) is 52.3 Å². The second-order valence-electron chi connectivity index (χ2n) is 3.22. The summed E-state index contributed by atoms with van der Waals surface area (Å²) in [5.74, 6) is 0.713. The van der Waals surface area contributed by atoms with Gasteiger partial charge < -0.3 is 10.5 Å². The van der Waals surface area contributed by atoms with Crippen LogP contribution in [0.3, 0.4) is 0 Å². The van der Waals surface area contributed by atoms with Crippen LogP contribution in [0.5, 0.6) is 5.75 Å². The van der Waals surface area contributed by atoms with Gasteiger partial charge in [-0.25, -0.2) is 0 Å². The van der Waals surface area contributed by atoms with Crippen LogP contribution < -0.4 is 10.5 Å². The van der Waals surface area contributed by atoms with Gasteiger partial charge in [0.05, 0.1) is 13.7 Å². The van der Waals surface area contributed by atoms with Crippen LogP contribution >= 0.6 is 0 Å². The van der Waals surface area contributed by atoms with Crippen molar-refractivity contribution in [1.29, 1.82) is 0 Å². The minimum absolute atomic E-state index is 0.0348. The minimum atomic E-state index is -0.0548. The molecule has 0 amide bonds. The normalized spacial score (nSPS) is 10.0. The highest BCUT2D eigenvalue weighted by Crippen LogP contribution is 2.25. The van der Waals surface area contributed by atoms with E-state index in [0.717, 1.165) is 16.9 Å². The SMILES string of the molecule is COc1c(C)ccc(C(=O)CN)c1C. The lowest BCUT2D eigenvalue weighted by molar-refractivity contribution is 0.100. The smallest absolute Gasteiger partial charge is 0.176 e. The Morgan fingerprint density at radius 3 is 2.57 bits per heavy atom. The summed E-state index contributed by atoms with van der Waals surface area (Å²) < 4.78 is 5.22. The Balaban J connectivity index is 3.28. The second-order valence-corrected chi connectivity index (χ2v) is 3.22. The summed E-state index contributed by atoms with van der Waals surface area (Å²) in [5.41, 5.74) is 7.85. The van der Waals surface area contributed by atoms with E-state index < -0.39 is 0 Å². The standard InChI is InChI=1S/C11H15NO2/c1-7-4-5-9(10(13)6-12)8(2)11(7)14-3/h4-5H,6,12H2,1-3H3. The molecule has 1 aromatic carbocycles. The van der Waals surface area contributed by atoms with Gasteiger partial charge in [-0.1, -0.05) is 12.1 Å². The monoisotopic (exact) mass is 193 g/mol. The number of carbonyl (C=O) groups excluding carboxylic acids is 1. The molecule has 3 heteroatoms. The first-order chi connectivity index (χ1) is 6.61. The zero-order valence-corrected chi connectivity index (χ0v) is 8.76. The number of aryl methyl sites for hydroxylation is 1. The van der Waals surface area contributed by atoms with Crippen molar-refractivity contribution in [2.24, 2.45) is 5.73 Å². The van der Waals surface area contributed by atoms with Gasteiger partial charge in [0.25, 0.3) is 0 Å². The molecule has 0 spiro atoms. The highest BCUT2D eigenvalue weighted by atomic mass is 16.5. The zero-order chi connectivity index (χ0) is 10.7. The molecule has 1 rings (SSSR count). The molecule has 0 bridgehead atoms. The molecule has 0 aliphatic carbocycles. The number of Topliss-reactive ketones (excluding diaryl/α,β-unsaturated/α-hetero) is 1. The van der Waals surface area contributed by atoms with E-state index in [2.05, 4.69) is 0 Å². The Morgan fingerprint density at radius 1 is 1.43 bits per heavy atom. The van der Waals surface area contributed by atoms with Gasteiger partial charge >= 0.3 is 0 Å². The predicted octanol–water partition coefficient (Wildman–Crippen LogP) is 1.45. The Kier molecular flexibility index (Phi) is 3.25. The van der Waals surface area contributed by atoms with Crippen molar-refractivity contribution in [2.45, 2.75) is 13.8 Å². The van der Waals surface area contributed by atoms with Crippen molar-refractivity contribution in [1.82, 2.24) is 0 Å². The Morgan fingerprint density at radius 2 is 2.07 bits per heavy atom. The first kappa shape index (κ1) is 10.7. The third-order valence-corrected chi connectivity index (χ3v) is 2.29. The van der Waals surface area contributed by atoms with E-state index in [0.29, 0.717) is 5.56 Å². The van der Waals surface area contributed by atoms with Crippen LogP contribution in [0.2, 0.25) is 0 Å². The molecular formula is C11H15NO2. The largest absolute Gasteiger partial charge is 0.496 e. The predicted molar refractivity (Wildman–Crippen MR) is 55.9 cm³/mol. The first-order valence-corrected chi connectivity index (χ1v) is 4.49. The summed E-state index contributed by atoms with van der Waals surface area (Å²) in [4.78, 5) is 11.4. The van der Waals surface area contributed by atoms with Crippen LogP contribution in [-0.2, 0) is 0 Å². The van der Waals surface area contributed by atoms with Crippen molar-refractivity contribution in [3.63, 3.8) is 0 Å². The molecule has 0 unspecified atom stereocenters. The number of benzene rings is 1. The summed E-state index contributed by atoms with van der Waals surface area (Å²) in [6.45, 7) is 3.85. The van der Waals surface area contributed by atoms with Gasteiger partial charge in [0, 0.05) is 11.1 Å². The van der Waals surface area contributed by atoms with Crippen molar-refractivity contribution in [3.8, 4) is 5.75 Å². The molecule has 2 N–H and O–H groups in total. The lowest BCUT2D eigenvalue weighted by Crippen LogP contribution is -2.15. The molecule has 0 heterocycles. The molecule has 1 aromatic rings. The number of hydrogen-bond donors (Lipinski definition) is 1. The highest BCUT2D eigenvalue weighted by molar-refractivity contribution is 5.99. The van der Waals surface area contributed by atoms with E-state index in [1.807, 2.05) is 19.9 Å². The molecule has 0 saturated heterocycles. The van der Waals surface area contributed by atoms with Crippen LogP contribution in [0.25, 0.3) is 0 Å². The Hall–Kier alpha value is -1.35. The molecule has 76 valence electrons. The Labute approximate surface area is 83.9 Å². The maximum Gasteiger partial charge on any atom is 0.176 e. The van der Waals surface area contributed by atoms with Gasteiger partial charge in [-0.2, -0.15) is 0 Å². The fourth-order valence-corrected chi connectivity index (χ4v) is 1.55. The van der Waals surface area contributed by atoms with Gasteiger partial charge in [-0.15, -0.1) is 0 Å². The fraction of sp³-hybridized carbons (Fsp3) is 0.364. The number of rotatable bonds is 3. The average Bonchev–Trinajstić information content (AvgIpc) is 2.18. The van der Waals surface area contributed by atoms with E-state index in [9.17, 15) is 4.79 Å². The lowest BCUT2D eigenvalue weighted by atomic mass is 10.0. The number of ketones is 1. The van der Waals surface area contributed by atoms with Gasteiger partial charge in [0.1, 0.15) is 5.75 Å². The molecule has 3 nitrogen and oxygen atoms in total. The van der Waals surface area contributed by atoms with Crippen LogP contribution in [0.15, 0.2) is 12.1 Å². The van der Waals surface area contributed by atoms with E-state index in [-0.39, 0.29) is 12.3 Å². The molecular weight excluding hydrogens is 178 g/mol. The first-order valence-electron chi connectivity index (χ1n) is 4.49. The average molecular weight is 193 g/mol. The number of methoxy groups -OCH3 is 1. The summed E-state index contributed by atoms with van der Waals surface area (Å²) in [6, 6.07) is 3.66. The zero-order valence-electron chi connectivity index (χ0n) is 8.76. The number of nitrogens with two attached hydrogens (primary N) is 1. The molecule has 0 saturated carbocycles. The number of carbonyl (C=O) groups is 1. The van der Waals surface area contributed by atoms with E-state index in [1.165, 1.54) is 0 Å². The number of hydrogen-bond acceptors (Lipinski definition) is 3. The molecule has 14 heavy (non-hydrogen) atoms. The number of ether oxygens (including phenoxy) is 1. The van der Waals surface area contributed by atoms with Crippen molar-refractivity contribution in [3.05, 3.63) is 28.8 Å². The summed E-state index contributed by atoms with van der Waals surface area (Å²) >= 11 is 0. The lowest BCUT2D eigenvalue weighted by Gasteiger charge is -2.11. The molecule has 0 aliphatic rings. The molecule has 0 aliphatic heterocycles. The van der Waals surface area contributed by atoms with Gasteiger partial charge in [-0.05, 0) is 19.4 Å². The summed E-state index contributed by atoms with van der Waals surface area (Å²) in [5, 5.41) is 0. The third kappa shape index (κ3) is 1.77. The van der Waals surface area contributed by atoms with Crippen LogP contribution in [0, 0.1) is 13.8 Å². The van der Waals surface area contributed by atoms with Gasteiger partial charge in [0.15, 0.2) is 5.78 Å². The van der Waals surface area contributed by atoms with Crippen molar-refractivity contribution < 1.29 is 9.53 Å². The maximum atomic E-state index is 11.4. The van der Waals surface area contributed by atoms with Gasteiger partial charge in [0.2, 0.25) is 0 Å². The second kappa shape index (κ2) is 4.24. The molecule has 0 radical (unpaired) electrons. The van der Waals surface area contributed by atoms with Crippen molar-refractivity contribution in [2.75, 3.05) is 13.7 Å². The van der Waals surface area contributed by atoms with Crippen molar-refractivity contribution >= 4 is 5.78 Å². The summed E-state index contributed by atoms with van der Waals surface area (Å²) in [6.07, 6.45) is 0. The van der Waals surface area contributed by atoms with Crippen LogP contribution in [0.1, 0.15) is 21.5 Å². The van der Waals surface area contributed by atoms with E-state index in [4.69, 9.17) is 10.5 Å². The highest BCUT2D eigenvalue weighted by Gasteiger charge is 2.12.